The standard InChI is InChI=1S/C19H20Br2ClN3/c20-14-7-13-2-1-12-8-15(22)9-16(21)17(12)18(19(13)24-10-14)11-3-5-25(23)6-4-11/h7-11,18H,1-6,23H2. The van der Waals surface area contributed by atoms with Crippen LogP contribution in [0.5, 0.6) is 0 Å². The summed E-state index contributed by atoms with van der Waals surface area (Å²) >= 11 is 13.7. The van der Waals surface area contributed by atoms with Crippen LogP contribution in [0, 0.1) is 5.92 Å². The Balaban J connectivity index is 1.87. The van der Waals surface area contributed by atoms with Crippen molar-refractivity contribution in [3.05, 3.63) is 60.7 Å². The average Bonchev–Trinajstić information content (AvgIpc) is 2.72. The number of hydrazine groups is 1. The smallest absolute Gasteiger partial charge is 0.0514 e. The molecular formula is C19H20Br2ClN3. The molecule has 2 aromatic rings. The highest BCUT2D eigenvalue weighted by atomic mass is 79.9. The maximum absolute atomic E-state index is 6.35. The first-order valence-corrected chi connectivity index (χ1v) is 10.6. The number of aryl methyl sites for hydroxylation is 2. The first-order valence-electron chi connectivity index (χ1n) is 8.64. The lowest BCUT2D eigenvalue weighted by atomic mass is 9.76. The Kier molecular flexibility index (Phi) is 5.22. The summed E-state index contributed by atoms with van der Waals surface area (Å²) in [7, 11) is 0. The van der Waals surface area contributed by atoms with Gasteiger partial charge in [0.2, 0.25) is 0 Å². The minimum Gasteiger partial charge on any atom is -0.269 e. The van der Waals surface area contributed by atoms with Crippen molar-refractivity contribution in [3.8, 4) is 0 Å². The van der Waals surface area contributed by atoms with Gasteiger partial charge in [0.25, 0.3) is 0 Å². The summed E-state index contributed by atoms with van der Waals surface area (Å²) in [6.07, 6.45) is 6.10. The summed E-state index contributed by atoms with van der Waals surface area (Å²) in [6, 6.07) is 6.39. The highest BCUT2D eigenvalue weighted by molar-refractivity contribution is 9.10. The zero-order chi connectivity index (χ0) is 17.6. The molecule has 1 aromatic heterocycles. The van der Waals surface area contributed by atoms with Gasteiger partial charge in [0.15, 0.2) is 0 Å². The van der Waals surface area contributed by atoms with E-state index in [0.717, 1.165) is 52.7 Å². The number of piperidine rings is 1. The van der Waals surface area contributed by atoms with Gasteiger partial charge in [0.05, 0.1) is 5.69 Å². The summed E-state index contributed by atoms with van der Waals surface area (Å²) in [5, 5.41) is 2.72. The first kappa shape index (κ1) is 17.9. The van der Waals surface area contributed by atoms with Crippen LogP contribution in [0.1, 0.15) is 41.1 Å². The molecule has 1 atom stereocenters. The Morgan fingerprint density at radius 2 is 1.80 bits per heavy atom. The third-order valence-corrected chi connectivity index (χ3v) is 6.77. The van der Waals surface area contributed by atoms with Gasteiger partial charge in [-0.3, -0.25) is 10.8 Å². The minimum absolute atomic E-state index is 0.293. The first-order chi connectivity index (χ1) is 12.0. The van der Waals surface area contributed by atoms with Gasteiger partial charge in [0, 0.05) is 39.2 Å². The van der Waals surface area contributed by atoms with Gasteiger partial charge < -0.3 is 0 Å². The van der Waals surface area contributed by atoms with E-state index in [-0.39, 0.29) is 0 Å². The summed E-state index contributed by atoms with van der Waals surface area (Å²) in [5.74, 6) is 6.84. The molecule has 2 aliphatic rings. The Morgan fingerprint density at radius 3 is 2.56 bits per heavy atom. The van der Waals surface area contributed by atoms with Gasteiger partial charge in [-0.1, -0.05) is 27.5 Å². The van der Waals surface area contributed by atoms with Crippen molar-refractivity contribution in [2.45, 2.75) is 31.6 Å². The second kappa shape index (κ2) is 7.28. The van der Waals surface area contributed by atoms with E-state index in [1.165, 1.54) is 22.4 Å². The van der Waals surface area contributed by atoms with Crippen LogP contribution in [-0.2, 0) is 12.8 Å². The lowest BCUT2D eigenvalue weighted by Crippen LogP contribution is -2.40. The number of pyridine rings is 1. The molecule has 1 aliphatic carbocycles. The third-order valence-electron chi connectivity index (χ3n) is 5.46. The van der Waals surface area contributed by atoms with Crippen molar-refractivity contribution in [3.63, 3.8) is 0 Å². The molecule has 2 heterocycles. The molecular weight excluding hydrogens is 465 g/mol. The minimum atomic E-state index is 0.293. The van der Waals surface area contributed by atoms with E-state index in [1.807, 2.05) is 17.3 Å². The fourth-order valence-corrected chi connectivity index (χ4v) is 5.78. The fraction of sp³-hybridized carbons (Fsp3) is 0.421. The predicted octanol–water partition coefficient (Wildman–Crippen LogP) is 5.08. The molecule has 1 saturated heterocycles. The van der Waals surface area contributed by atoms with Crippen molar-refractivity contribution in [1.82, 2.24) is 9.99 Å². The van der Waals surface area contributed by atoms with Crippen LogP contribution in [0.3, 0.4) is 0 Å². The summed E-state index contributed by atoms with van der Waals surface area (Å²) in [5.41, 5.74) is 5.27. The molecule has 2 N–H and O–H groups in total. The molecule has 25 heavy (non-hydrogen) atoms. The summed E-state index contributed by atoms with van der Waals surface area (Å²) in [6.45, 7) is 1.88. The maximum Gasteiger partial charge on any atom is 0.0514 e. The van der Waals surface area contributed by atoms with Gasteiger partial charge in [-0.25, -0.2) is 5.01 Å². The van der Waals surface area contributed by atoms with Crippen molar-refractivity contribution in [2.24, 2.45) is 11.8 Å². The van der Waals surface area contributed by atoms with Crippen LogP contribution in [-0.4, -0.2) is 23.1 Å². The predicted molar refractivity (Wildman–Crippen MR) is 109 cm³/mol. The number of nitrogens with zero attached hydrogens (tertiary/aromatic N) is 2. The number of hydrogen-bond donors (Lipinski definition) is 1. The molecule has 132 valence electrons. The monoisotopic (exact) mass is 483 g/mol. The van der Waals surface area contributed by atoms with Crippen molar-refractivity contribution < 1.29 is 0 Å². The number of aromatic nitrogens is 1. The Bertz CT molecular complexity index is 803. The fourth-order valence-electron chi connectivity index (χ4n) is 4.28. The Hall–Kier alpha value is -0.460. The van der Waals surface area contributed by atoms with E-state index in [2.05, 4.69) is 44.0 Å². The van der Waals surface area contributed by atoms with E-state index in [0.29, 0.717) is 11.8 Å². The Labute approximate surface area is 170 Å². The van der Waals surface area contributed by atoms with Crippen LogP contribution in [0.4, 0.5) is 0 Å². The molecule has 1 fully saturated rings. The molecule has 0 bridgehead atoms. The number of fused-ring (bicyclic) bond motifs is 2. The van der Waals surface area contributed by atoms with Gasteiger partial charge in [0.1, 0.15) is 0 Å². The van der Waals surface area contributed by atoms with Crippen LogP contribution in [0.25, 0.3) is 0 Å². The third kappa shape index (κ3) is 3.54. The van der Waals surface area contributed by atoms with E-state index < -0.39 is 0 Å². The number of benzene rings is 1. The van der Waals surface area contributed by atoms with E-state index in [4.69, 9.17) is 22.4 Å². The lowest BCUT2D eigenvalue weighted by molar-refractivity contribution is 0.177. The summed E-state index contributed by atoms with van der Waals surface area (Å²) in [4.78, 5) is 4.87. The molecule has 4 rings (SSSR count). The molecule has 1 aliphatic heterocycles. The second-order valence-corrected chi connectivity index (χ2v) is 9.22. The number of halogens is 3. The number of rotatable bonds is 1. The molecule has 0 amide bonds. The zero-order valence-corrected chi connectivity index (χ0v) is 17.7. The SMILES string of the molecule is NN1CCC(C2c3ncc(Br)cc3CCc3cc(Cl)cc(Br)c32)CC1. The van der Waals surface area contributed by atoms with Crippen molar-refractivity contribution in [2.75, 3.05) is 13.1 Å². The van der Waals surface area contributed by atoms with Gasteiger partial charge >= 0.3 is 0 Å². The van der Waals surface area contributed by atoms with Gasteiger partial charge in [-0.15, -0.1) is 0 Å². The molecule has 0 saturated carbocycles. The van der Waals surface area contributed by atoms with Crippen LogP contribution < -0.4 is 5.84 Å². The van der Waals surface area contributed by atoms with E-state index >= 15 is 0 Å². The second-order valence-electron chi connectivity index (χ2n) is 7.01. The normalized spacial score (nSPS) is 21.5. The van der Waals surface area contributed by atoms with Crippen molar-refractivity contribution >= 4 is 43.5 Å². The van der Waals surface area contributed by atoms with Crippen LogP contribution >= 0.6 is 43.5 Å². The molecule has 3 nitrogen and oxygen atoms in total. The highest BCUT2D eigenvalue weighted by Gasteiger charge is 2.35. The maximum atomic E-state index is 6.35. The molecule has 1 aromatic carbocycles. The van der Waals surface area contributed by atoms with E-state index in [9.17, 15) is 0 Å². The topological polar surface area (TPSA) is 42.1 Å². The number of nitrogens with two attached hydrogens (primary N) is 1. The van der Waals surface area contributed by atoms with Crippen molar-refractivity contribution in [1.29, 1.82) is 0 Å². The molecule has 6 heteroatoms. The average molecular weight is 486 g/mol. The van der Waals surface area contributed by atoms with Crippen LogP contribution in [0.2, 0.25) is 5.02 Å². The number of hydrogen-bond acceptors (Lipinski definition) is 3. The highest BCUT2D eigenvalue weighted by Crippen LogP contribution is 2.45. The lowest BCUT2D eigenvalue weighted by Gasteiger charge is -2.35. The van der Waals surface area contributed by atoms with Crippen LogP contribution in [0.15, 0.2) is 33.3 Å². The molecule has 0 radical (unpaired) electrons. The quantitative estimate of drug-likeness (QED) is 0.573. The largest absolute Gasteiger partial charge is 0.269 e. The Morgan fingerprint density at radius 1 is 1.08 bits per heavy atom. The molecule has 1 unspecified atom stereocenters. The summed E-state index contributed by atoms with van der Waals surface area (Å²) < 4.78 is 2.15. The van der Waals surface area contributed by atoms with E-state index in [1.54, 1.807) is 0 Å². The molecule has 0 spiro atoms. The zero-order valence-electron chi connectivity index (χ0n) is 13.8. The van der Waals surface area contributed by atoms with Gasteiger partial charge in [-0.2, -0.15) is 0 Å². The van der Waals surface area contributed by atoms with Gasteiger partial charge in [-0.05, 0) is 82.4 Å².